The van der Waals surface area contributed by atoms with Gasteiger partial charge in [0.15, 0.2) is 5.82 Å². The van der Waals surface area contributed by atoms with Crippen LogP contribution >= 0.6 is 11.6 Å². The summed E-state index contributed by atoms with van der Waals surface area (Å²) in [6, 6.07) is 5.28. The molecule has 0 aliphatic heterocycles. The van der Waals surface area contributed by atoms with Crippen molar-refractivity contribution in [2.45, 2.75) is 26.3 Å². The maximum Gasteiger partial charge on any atom is 0.226 e. The summed E-state index contributed by atoms with van der Waals surface area (Å²) in [6.45, 7) is 3.90. The van der Waals surface area contributed by atoms with E-state index in [4.69, 9.17) is 21.9 Å². The minimum absolute atomic E-state index is 0.405. The van der Waals surface area contributed by atoms with Gasteiger partial charge in [-0.1, -0.05) is 35.8 Å². The van der Waals surface area contributed by atoms with Crippen LogP contribution in [0.4, 0.5) is 0 Å². The number of rotatable bonds is 3. The van der Waals surface area contributed by atoms with Crippen LogP contribution in [0.2, 0.25) is 5.02 Å². The lowest BCUT2D eigenvalue weighted by molar-refractivity contribution is 0.375. The summed E-state index contributed by atoms with van der Waals surface area (Å²) >= 11 is 6.06. The maximum absolute atomic E-state index is 6.06. The first kappa shape index (κ1) is 12.1. The Hall–Kier alpha value is -1.39. The van der Waals surface area contributed by atoms with Crippen molar-refractivity contribution in [2.24, 2.45) is 5.73 Å². The van der Waals surface area contributed by atoms with Crippen molar-refractivity contribution in [1.29, 1.82) is 0 Å². The summed E-state index contributed by atoms with van der Waals surface area (Å²) < 4.78 is 5.04. The third kappa shape index (κ3) is 2.48. The van der Waals surface area contributed by atoms with Crippen molar-refractivity contribution in [3.63, 3.8) is 0 Å². The van der Waals surface area contributed by atoms with Crippen molar-refractivity contribution in [1.82, 2.24) is 10.1 Å². The quantitative estimate of drug-likeness (QED) is 0.911. The Balaban J connectivity index is 2.29. The summed E-state index contributed by atoms with van der Waals surface area (Å²) in [5.74, 6) is 1.08. The lowest BCUT2D eigenvalue weighted by Crippen LogP contribution is -2.13. The van der Waals surface area contributed by atoms with E-state index in [1.165, 1.54) is 0 Å². The number of aryl methyl sites for hydroxylation is 2. The fourth-order valence-corrected chi connectivity index (χ4v) is 1.68. The van der Waals surface area contributed by atoms with Crippen LogP contribution in [-0.4, -0.2) is 10.1 Å². The average Bonchev–Trinajstić information content (AvgIpc) is 2.80. The zero-order chi connectivity index (χ0) is 12.4. The summed E-state index contributed by atoms with van der Waals surface area (Å²) in [4.78, 5) is 4.21. The lowest BCUT2D eigenvalue weighted by atomic mass is 10.1. The first-order valence-corrected chi connectivity index (χ1v) is 5.83. The summed E-state index contributed by atoms with van der Waals surface area (Å²) in [5, 5.41) is 4.55. The molecule has 0 aliphatic rings. The molecular weight excluding hydrogens is 238 g/mol. The van der Waals surface area contributed by atoms with E-state index >= 15 is 0 Å². The van der Waals surface area contributed by atoms with Gasteiger partial charge in [-0.05, 0) is 24.1 Å². The molecule has 4 nitrogen and oxygen atoms in total. The second-order valence-corrected chi connectivity index (χ2v) is 4.29. The molecule has 0 amide bonds. The van der Waals surface area contributed by atoms with E-state index in [0.717, 1.165) is 11.1 Å². The van der Waals surface area contributed by atoms with Gasteiger partial charge >= 0.3 is 0 Å². The molecule has 2 aromatic rings. The maximum atomic E-state index is 6.06. The van der Waals surface area contributed by atoms with Crippen molar-refractivity contribution in [2.75, 3.05) is 0 Å². The van der Waals surface area contributed by atoms with Gasteiger partial charge in [0.1, 0.15) is 0 Å². The average molecular weight is 252 g/mol. The third-order valence-corrected chi connectivity index (χ3v) is 3.03. The molecule has 1 heterocycles. The molecule has 0 saturated carbocycles. The van der Waals surface area contributed by atoms with Gasteiger partial charge in [-0.2, -0.15) is 4.98 Å². The van der Waals surface area contributed by atoms with Crippen LogP contribution in [0.5, 0.6) is 0 Å². The van der Waals surface area contributed by atoms with Gasteiger partial charge in [-0.25, -0.2) is 0 Å². The largest absolute Gasteiger partial charge is 0.339 e. The van der Waals surface area contributed by atoms with Gasteiger partial charge in [0.25, 0.3) is 0 Å². The topological polar surface area (TPSA) is 64.9 Å². The van der Waals surface area contributed by atoms with Crippen molar-refractivity contribution < 1.29 is 4.52 Å². The normalized spacial score (nSPS) is 12.7. The molecule has 0 aliphatic carbocycles. The van der Waals surface area contributed by atoms with Gasteiger partial charge in [0.05, 0.1) is 6.04 Å². The number of hydrogen-bond acceptors (Lipinski definition) is 4. The Bertz CT molecular complexity index is 524. The van der Waals surface area contributed by atoms with Crippen molar-refractivity contribution in [3.8, 4) is 0 Å². The number of nitrogens with zero attached hydrogens (tertiary/aromatic N) is 2. The monoisotopic (exact) mass is 251 g/mol. The SMILES string of the molecule is CCc1nc(C(N)c2ccc(C)c(Cl)c2)no1. The Labute approximate surface area is 105 Å². The molecule has 0 saturated heterocycles. The Morgan fingerprint density at radius 2 is 2.24 bits per heavy atom. The predicted octanol–water partition coefficient (Wildman–Crippen LogP) is 2.64. The second-order valence-electron chi connectivity index (χ2n) is 3.89. The molecule has 1 unspecified atom stereocenters. The molecule has 90 valence electrons. The first-order chi connectivity index (χ1) is 8.11. The standard InChI is InChI=1S/C12H14ClN3O/c1-3-10-15-12(16-17-10)11(14)8-5-4-7(2)9(13)6-8/h4-6,11H,3,14H2,1-2H3. The molecule has 1 aromatic heterocycles. The summed E-state index contributed by atoms with van der Waals surface area (Å²) in [5.41, 5.74) is 7.96. The highest BCUT2D eigenvalue weighted by molar-refractivity contribution is 6.31. The number of aromatic nitrogens is 2. The zero-order valence-electron chi connectivity index (χ0n) is 9.77. The second kappa shape index (κ2) is 4.85. The van der Waals surface area contributed by atoms with Gasteiger partial charge in [-0.15, -0.1) is 0 Å². The molecule has 2 N–H and O–H groups in total. The number of benzene rings is 1. The molecule has 1 atom stereocenters. The molecule has 0 bridgehead atoms. The number of hydrogen-bond donors (Lipinski definition) is 1. The van der Waals surface area contributed by atoms with E-state index in [0.29, 0.717) is 23.2 Å². The predicted molar refractivity (Wildman–Crippen MR) is 65.9 cm³/mol. The molecule has 17 heavy (non-hydrogen) atoms. The number of halogens is 1. The number of nitrogens with two attached hydrogens (primary N) is 1. The van der Waals surface area contributed by atoms with Gasteiger partial charge in [0, 0.05) is 11.4 Å². The highest BCUT2D eigenvalue weighted by Crippen LogP contribution is 2.23. The molecule has 1 aromatic carbocycles. The van der Waals surface area contributed by atoms with Crippen LogP contribution in [-0.2, 0) is 6.42 Å². The van der Waals surface area contributed by atoms with E-state index < -0.39 is 6.04 Å². The minimum Gasteiger partial charge on any atom is -0.339 e. The van der Waals surface area contributed by atoms with Crippen LogP contribution in [0.15, 0.2) is 22.7 Å². The van der Waals surface area contributed by atoms with E-state index in [1.54, 1.807) is 0 Å². The molecule has 2 rings (SSSR count). The van der Waals surface area contributed by atoms with Gasteiger partial charge < -0.3 is 10.3 Å². The zero-order valence-corrected chi connectivity index (χ0v) is 10.5. The third-order valence-electron chi connectivity index (χ3n) is 2.62. The Morgan fingerprint density at radius 3 is 2.82 bits per heavy atom. The highest BCUT2D eigenvalue weighted by atomic mass is 35.5. The summed E-state index contributed by atoms with van der Waals surface area (Å²) in [6.07, 6.45) is 0.703. The summed E-state index contributed by atoms with van der Waals surface area (Å²) in [7, 11) is 0. The molecule has 0 spiro atoms. The van der Waals surface area contributed by atoms with Crippen LogP contribution in [0.1, 0.15) is 35.8 Å². The van der Waals surface area contributed by atoms with E-state index in [1.807, 2.05) is 32.0 Å². The van der Waals surface area contributed by atoms with Crippen molar-refractivity contribution in [3.05, 3.63) is 46.1 Å². The molecular formula is C12H14ClN3O. The Kier molecular flexibility index (Phi) is 3.45. The smallest absolute Gasteiger partial charge is 0.226 e. The van der Waals surface area contributed by atoms with Crippen LogP contribution in [0.25, 0.3) is 0 Å². The fourth-order valence-electron chi connectivity index (χ4n) is 1.49. The first-order valence-electron chi connectivity index (χ1n) is 5.46. The fraction of sp³-hybridized carbons (Fsp3) is 0.333. The van der Waals surface area contributed by atoms with Gasteiger partial charge in [0.2, 0.25) is 5.89 Å². The van der Waals surface area contributed by atoms with E-state index in [-0.39, 0.29) is 0 Å². The lowest BCUT2D eigenvalue weighted by Gasteiger charge is -2.08. The van der Waals surface area contributed by atoms with Crippen LogP contribution in [0.3, 0.4) is 0 Å². The molecule has 5 heteroatoms. The Morgan fingerprint density at radius 1 is 1.47 bits per heavy atom. The molecule has 0 fully saturated rings. The van der Waals surface area contributed by atoms with E-state index in [2.05, 4.69) is 10.1 Å². The minimum atomic E-state index is -0.405. The van der Waals surface area contributed by atoms with Crippen LogP contribution < -0.4 is 5.73 Å². The van der Waals surface area contributed by atoms with E-state index in [9.17, 15) is 0 Å². The van der Waals surface area contributed by atoms with Crippen molar-refractivity contribution >= 4 is 11.6 Å². The van der Waals surface area contributed by atoms with Crippen LogP contribution in [0, 0.1) is 6.92 Å². The molecule has 0 radical (unpaired) electrons. The van der Waals surface area contributed by atoms with Gasteiger partial charge in [-0.3, -0.25) is 0 Å². The highest BCUT2D eigenvalue weighted by Gasteiger charge is 2.16.